The third kappa shape index (κ3) is 4.06. The van der Waals surface area contributed by atoms with Gasteiger partial charge in [0.25, 0.3) is 0 Å². The molecule has 0 heterocycles. The lowest BCUT2D eigenvalue weighted by atomic mass is 10.2. The van der Waals surface area contributed by atoms with E-state index in [9.17, 15) is 16.8 Å². The zero-order chi connectivity index (χ0) is 16.4. The Balaban J connectivity index is 3.45. The SMILES string of the molecule is CCC(CC)N(C)S(=O)(=O)c1cc(S(C)(=O)=O)ccc1Br. The lowest BCUT2D eigenvalue weighted by Crippen LogP contribution is -2.36. The maximum Gasteiger partial charge on any atom is 0.244 e. The van der Waals surface area contributed by atoms with Gasteiger partial charge in [0.2, 0.25) is 10.0 Å². The smallest absolute Gasteiger partial charge is 0.224 e. The van der Waals surface area contributed by atoms with E-state index in [1.165, 1.54) is 29.6 Å². The molecule has 0 aliphatic carbocycles. The van der Waals surface area contributed by atoms with Crippen LogP contribution in [-0.2, 0) is 19.9 Å². The average Bonchev–Trinajstić information content (AvgIpc) is 2.38. The van der Waals surface area contributed by atoms with Crippen LogP contribution in [-0.4, -0.2) is 40.5 Å². The number of sulfone groups is 1. The Morgan fingerprint density at radius 1 is 1.14 bits per heavy atom. The van der Waals surface area contributed by atoms with E-state index in [-0.39, 0.29) is 15.8 Å². The quantitative estimate of drug-likeness (QED) is 0.739. The molecule has 1 aromatic carbocycles. The van der Waals surface area contributed by atoms with Crippen molar-refractivity contribution < 1.29 is 16.8 Å². The number of hydrogen-bond acceptors (Lipinski definition) is 4. The van der Waals surface area contributed by atoms with Crippen molar-refractivity contribution in [3.8, 4) is 0 Å². The summed E-state index contributed by atoms with van der Waals surface area (Å²) in [7, 11) is -5.70. The van der Waals surface area contributed by atoms with Crippen molar-refractivity contribution in [2.45, 2.75) is 42.5 Å². The van der Waals surface area contributed by atoms with Crippen LogP contribution in [0.4, 0.5) is 0 Å². The van der Waals surface area contributed by atoms with Crippen LogP contribution in [0.1, 0.15) is 26.7 Å². The molecule has 0 atom stereocenters. The summed E-state index contributed by atoms with van der Waals surface area (Å²) < 4.78 is 50.3. The monoisotopic (exact) mass is 397 g/mol. The Hall–Kier alpha value is -0.440. The fraction of sp³-hybridized carbons (Fsp3) is 0.538. The molecular weight excluding hydrogens is 378 g/mol. The van der Waals surface area contributed by atoms with E-state index in [4.69, 9.17) is 0 Å². The maximum absolute atomic E-state index is 12.7. The van der Waals surface area contributed by atoms with Crippen molar-refractivity contribution in [2.75, 3.05) is 13.3 Å². The zero-order valence-electron chi connectivity index (χ0n) is 12.5. The Morgan fingerprint density at radius 3 is 2.10 bits per heavy atom. The fourth-order valence-corrected chi connectivity index (χ4v) is 5.24. The van der Waals surface area contributed by atoms with Gasteiger partial charge in [-0.25, -0.2) is 16.8 Å². The van der Waals surface area contributed by atoms with Crippen LogP contribution in [0.25, 0.3) is 0 Å². The second kappa shape index (κ2) is 6.76. The highest BCUT2D eigenvalue weighted by atomic mass is 79.9. The van der Waals surface area contributed by atoms with Crippen LogP contribution in [0, 0.1) is 0 Å². The summed E-state index contributed by atoms with van der Waals surface area (Å²) in [5.41, 5.74) is 0. The van der Waals surface area contributed by atoms with Crippen LogP contribution >= 0.6 is 15.9 Å². The molecule has 1 rings (SSSR count). The first kappa shape index (κ1) is 18.6. The fourth-order valence-electron chi connectivity index (χ4n) is 2.07. The highest BCUT2D eigenvalue weighted by Gasteiger charge is 2.28. The van der Waals surface area contributed by atoms with Gasteiger partial charge in [-0.3, -0.25) is 0 Å². The summed E-state index contributed by atoms with van der Waals surface area (Å²) in [5.74, 6) is 0. The largest absolute Gasteiger partial charge is 0.244 e. The standard InChI is InChI=1S/C13H20BrNO4S2/c1-5-10(6-2)15(3)21(18,19)13-9-11(20(4,16)17)7-8-12(13)14/h7-10H,5-6H2,1-4H3. The molecule has 21 heavy (non-hydrogen) atoms. The van der Waals surface area contributed by atoms with Crippen molar-refractivity contribution in [3.63, 3.8) is 0 Å². The molecule has 0 amide bonds. The Labute approximate surface area is 135 Å². The molecule has 0 radical (unpaired) electrons. The van der Waals surface area contributed by atoms with Gasteiger partial charge in [-0.2, -0.15) is 4.31 Å². The summed E-state index contributed by atoms with van der Waals surface area (Å²) >= 11 is 3.19. The van der Waals surface area contributed by atoms with Crippen molar-refractivity contribution in [3.05, 3.63) is 22.7 Å². The molecule has 5 nitrogen and oxygen atoms in total. The first-order chi connectivity index (χ1) is 9.55. The maximum atomic E-state index is 12.7. The van der Waals surface area contributed by atoms with E-state index < -0.39 is 19.9 Å². The van der Waals surface area contributed by atoms with Gasteiger partial charge in [0.1, 0.15) is 0 Å². The van der Waals surface area contributed by atoms with E-state index in [1.54, 1.807) is 0 Å². The third-order valence-electron chi connectivity index (χ3n) is 3.44. The molecule has 0 fully saturated rings. The highest BCUT2D eigenvalue weighted by molar-refractivity contribution is 9.10. The van der Waals surface area contributed by atoms with Gasteiger partial charge in [-0.05, 0) is 47.0 Å². The molecule has 0 unspecified atom stereocenters. The van der Waals surface area contributed by atoms with Gasteiger partial charge in [0, 0.05) is 23.8 Å². The van der Waals surface area contributed by atoms with Crippen LogP contribution in [0.2, 0.25) is 0 Å². The highest BCUT2D eigenvalue weighted by Crippen LogP contribution is 2.29. The first-order valence-corrected chi connectivity index (χ1v) is 10.7. The molecule has 0 bridgehead atoms. The molecule has 0 N–H and O–H groups in total. The summed E-state index contributed by atoms with van der Waals surface area (Å²) in [6.07, 6.45) is 2.43. The van der Waals surface area contributed by atoms with Crippen molar-refractivity contribution in [1.82, 2.24) is 4.31 Å². The lowest BCUT2D eigenvalue weighted by molar-refractivity contribution is 0.349. The normalized spacial score (nSPS) is 13.1. The van der Waals surface area contributed by atoms with Gasteiger partial charge in [0.05, 0.1) is 9.79 Å². The van der Waals surface area contributed by atoms with Crippen molar-refractivity contribution in [1.29, 1.82) is 0 Å². The van der Waals surface area contributed by atoms with Crippen molar-refractivity contribution in [2.24, 2.45) is 0 Å². The third-order valence-corrected chi connectivity index (χ3v) is 7.46. The van der Waals surface area contributed by atoms with Gasteiger partial charge >= 0.3 is 0 Å². The van der Waals surface area contributed by atoms with Crippen LogP contribution in [0.5, 0.6) is 0 Å². The molecule has 0 aromatic heterocycles. The number of rotatable bonds is 6. The van der Waals surface area contributed by atoms with E-state index in [2.05, 4.69) is 15.9 Å². The summed E-state index contributed by atoms with van der Waals surface area (Å²) in [4.78, 5) is -0.0398. The minimum Gasteiger partial charge on any atom is -0.224 e. The van der Waals surface area contributed by atoms with Gasteiger partial charge in [-0.1, -0.05) is 13.8 Å². The number of benzene rings is 1. The lowest BCUT2D eigenvalue weighted by Gasteiger charge is -2.26. The minimum absolute atomic E-state index is 0.0118. The molecule has 1 aromatic rings. The Kier molecular flexibility index (Phi) is 5.99. The molecule has 0 aliphatic heterocycles. The average molecular weight is 398 g/mol. The van der Waals surface area contributed by atoms with Crippen molar-refractivity contribution >= 4 is 35.8 Å². The van der Waals surface area contributed by atoms with E-state index in [1.807, 2.05) is 13.8 Å². The Morgan fingerprint density at radius 2 is 1.67 bits per heavy atom. The predicted molar refractivity (Wildman–Crippen MR) is 86.6 cm³/mol. The summed E-state index contributed by atoms with van der Waals surface area (Å²) in [5, 5.41) is 0. The summed E-state index contributed by atoms with van der Waals surface area (Å²) in [6, 6.07) is 3.91. The number of hydrogen-bond donors (Lipinski definition) is 0. The molecule has 0 saturated heterocycles. The molecule has 120 valence electrons. The second-order valence-corrected chi connectivity index (χ2v) is 9.69. The molecule has 0 aliphatic rings. The topological polar surface area (TPSA) is 71.5 Å². The zero-order valence-corrected chi connectivity index (χ0v) is 15.7. The number of nitrogens with zero attached hydrogens (tertiary/aromatic N) is 1. The molecule has 0 spiro atoms. The van der Waals surface area contributed by atoms with E-state index in [0.29, 0.717) is 17.3 Å². The first-order valence-electron chi connectivity index (χ1n) is 6.53. The Bertz CT molecular complexity index is 710. The van der Waals surface area contributed by atoms with Gasteiger partial charge < -0.3 is 0 Å². The predicted octanol–water partition coefficient (Wildman–Crippen LogP) is 2.66. The number of halogens is 1. The van der Waals surface area contributed by atoms with Crippen LogP contribution < -0.4 is 0 Å². The van der Waals surface area contributed by atoms with Crippen LogP contribution in [0.3, 0.4) is 0 Å². The number of sulfonamides is 1. The van der Waals surface area contributed by atoms with E-state index >= 15 is 0 Å². The minimum atomic E-state index is -3.75. The second-order valence-electron chi connectivity index (χ2n) is 4.86. The molecular formula is C13H20BrNO4S2. The summed E-state index contributed by atoms with van der Waals surface area (Å²) in [6.45, 7) is 3.84. The molecule has 8 heteroatoms. The van der Waals surface area contributed by atoms with Gasteiger partial charge in [-0.15, -0.1) is 0 Å². The van der Waals surface area contributed by atoms with Gasteiger partial charge in [0.15, 0.2) is 9.84 Å². The molecule has 0 saturated carbocycles. The van der Waals surface area contributed by atoms with E-state index in [0.717, 1.165) is 6.26 Å². The van der Waals surface area contributed by atoms with Crippen LogP contribution in [0.15, 0.2) is 32.5 Å².